The number of amides is 2. The molecule has 2 aliphatic rings. The smallest absolute Gasteiger partial charge is 0.408 e. The summed E-state index contributed by atoms with van der Waals surface area (Å²) in [4.78, 5) is 52.5. The van der Waals surface area contributed by atoms with Gasteiger partial charge in [0.1, 0.15) is 11.1 Å². The van der Waals surface area contributed by atoms with E-state index >= 15 is 0 Å². The lowest BCUT2D eigenvalue weighted by Gasteiger charge is -2.33. The van der Waals surface area contributed by atoms with E-state index in [0.29, 0.717) is 5.56 Å². The van der Waals surface area contributed by atoms with Crippen LogP contribution in [0.3, 0.4) is 0 Å². The van der Waals surface area contributed by atoms with E-state index in [1.807, 2.05) is 30.3 Å². The minimum Gasteiger partial charge on any atom is -0.466 e. The Labute approximate surface area is 216 Å². The van der Waals surface area contributed by atoms with Gasteiger partial charge in [-0.3, -0.25) is 9.59 Å². The van der Waals surface area contributed by atoms with E-state index in [-0.39, 0.29) is 25.5 Å². The first-order valence-corrected chi connectivity index (χ1v) is 12.7. The van der Waals surface area contributed by atoms with Crippen molar-refractivity contribution < 1.29 is 33.4 Å². The molecule has 0 spiro atoms. The van der Waals surface area contributed by atoms with Crippen LogP contribution in [0, 0.1) is 17.8 Å². The van der Waals surface area contributed by atoms with Crippen LogP contribution in [-0.4, -0.2) is 54.3 Å². The number of alkyl carbamates (subject to hydrolysis) is 1. The van der Waals surface area contributed by atoms with Crippen LogP contribution in [0.1, 0.15) is 51.4 Å². The highest BCUT2D eigenvalue weighted by Gasteiger charge is 2.76. The Morgan fingerprint density at radius 1 is 0.973 bits per heavy atom. The molecule has 2 aliphatic carbocycles. The second-order valence-corrected chi connectivity index (χ2v) is 10.5. The average Bonchev–Trinajstić information content (AvgIpc) is 3.51. The highest BCUT2D eigenvalue weighted by molar-refractivity contribution is 6.07. The first kappa shape index (κ1) is 26.4. The highest BCUT2D eigenvalue weighted by atomic mass is 16.6. The van der Waals surface area contributed by atoms with Gasteiger partial charge in [-0.25, -0.2) is 9.59 Å². The van der Waals surface area contributed by atoms with E-state index in [4.69, 9.17) is 14.2 Å². The monoisotopic (exact) mass is 510 g/mol. The van der Waals surface area contributed by atoms with Crippen molar-refractivity contribution >= 4 is 34.7 Å². The predicted molar refractivity (Wildman–Crippen MR) is 136 cm³/mol. The molecular weight excluding hydrogens is 476 g/mol. The van der Waals surface area contributed by atoms with Gasteiger partial charge in [0.25, 0.3) is 5.91 Å². The molecule has 4 rings (SSSR count). The number of carbonyl (C=O) groups is 4. The zero-order valence-electron chi connectivity index (χ0n) is 21.8. The van der Waals surface area contributed by atoms with Gasteiger partial charge in [-0.2, -0.15) is 0 Å². The molecule has 0 bridgehead atoms. The lowest BCUT2D eigenvalue weighted by Crippen LogP contribution is -2.59. The van der Waals surface area contributed by atoms with Crippen LogP contribution in [-0.2, 0) is 23.8 Å². The summed E-state index contributed by atoms with van der Waals surface area (Å²) in [5.41, 5.74) is -1.86. The van der Waals surface area contributed by atoms with Crippen molar-refractivity contribution in [2.75, 3.05) is 13.2 Å². The summed E-state index contributed by atoms with van der Waals surface area (Å²) in [5, 5.41) is 7.47. The Morgan fingerprint density at radius 2 is 1.65 bits per heavy atom. The lowest BCUT2D eigenvalue weighted by molar-refractivity contribution is -0.153. The standard InChI is InChI=1S/C28H34N2O7/c1-6-35-24(32)21-20-19(29-23(31)18-14-10-12-16-11-8-9-13-17(16)18)15-28(22(20)21,25(33)36-7-2)30-26(34)37-27(3,4)5/h8-14,19-22H,6-7,15H2,1-5H3,(H,29,31)(H,30,34)/t19?,20?,21-,22?,28?/m0/s1. The second kappa shape index (κ2) is 10.0. The van der Waals surface area contributed by atoms with E-state index in [9.17, 15) is 19.2 Å². The summed E-state index contributed by atoms with van der Waals surface area (Å²) in [7, 11) is 0. The maximum absolute atomic E-state index is 13.4. The number of benzene rings is 2. The number of esters is 2. The molecule has 2 fully saturated rings. The van der Waals surface area contributed by atoms with Crippen molar-refractivity contribution in [3.63, 3.8) is 0 Å². The molecule has 2 aromatic rings. The van der Waals surface area contributed by atoms with E-state index in [1.54, 1.807) is 46.8 Å². The van der Waals surface area contributed by atoms with Crippen molar-refractivity contribution in [2.45, 2.75) is 58.2 Å². The summed E-state index contributed by atoms with van der Waals surface area (Å²) in [6.45, 7) is 8.78. The van der Waals surface area contributed by atoms with Gasteiger partial charge in [0.05, 0.1) is 19.1 Å². The van der Waals surface area contributed by atoms with Gasteiger partial charge < -0.3 is 24.8 Å². The normalized spacial score (nSPS) is 26.1. The number of nitrogens with one attached hydrogen (secondary N) is 2. The third kappa shape index (κ3) is 5.12. The molecular formula is C28H34N2O7. The lowest BCUT2D eigenvalue weighted by atomic mass is 9.88. The number of hydrogen-bond donors (Lipinski definition) is 2. The van der Waals surface area contributed by atoms with Gasteiger partial charge in [-0.15, -0.1) is 0 Å². The Balaban J connectivity index is 1.67. The maximum atomic E-state index is 13.4. The number of hydrogen-bond acceptors (Lipinski definition) is 7. The number of carbonyl (C=O) groups excluding carboxylic acids is 4. The van der Waals surface area contributed by atoms with Gasteiger partial charge in [0, 0.05) is 23.9 Å². The molecule has 198 valence electrons. The minimum absolute atomic E-state index is 0.0623. The molecule has 9 nitrogen and oxygen atoms in total. The molecule has 5 atom stereocenters. The zero-order valence-corrected chi connectivity index (χ0v) is 21.8. The van der Waals surface area contributed by atoms with Crippen molar-refractivity contribution in [3.8, 4) is 0 Å². The fourth-order valence-electron chi connectivity index (χ4n) is 5.60. The van der Waals surface area contributed by atoms with Gasteiger partial charge in [0.2, 0.25) is 0 Å². The summed E-state index contributed by atoms with van der Waals surface area (Å²) >= 11 is 0. The van der Waals surface area contributed by atoms with Crippen molar-refractivity contribution in [1.29, 1.82) is 0 Å². The molecule has 0 heterocycles. The van der Waals surface area contributed by atoms with E-state index in [2.05, 4.69) is 10.6 Å². The van der Waals surface area contributed by atoms with Crippen LogP contribution in [0.4, 0.5) is 4.79 Å². The van der Waals surface area contributed by atoms with Crippen molar-refractivity contribution in [2.24, 2.45) is 17.8 Å². The highest BCUT2D eigenvalue weighted by Crippen LogP contribution is 2.63. The van der Waals surface area contributed by atoms with Gasteiger partial charge in [-0.05, 0) is 57.4 Å². The molecule has 0 radical (unpaired) electrons. The van der Waals surface area contributed by atoms with Crippen LogP contribution in [0.5, 0.6) is 0 Å². The van der Waals surface area contributed by atoms with Crippen LogP contribution in [0.2, 0.25) is 0 Å². The molecule has 2 saturated carbocycles. The Kier molecular flexibility index (Phi) is 7.17. The zero-order chi connectivity index (χ0) is 27.0. The third-order valence-corrected chi connectivity index (χ3v) is 6.92. The second-order valence-electron chi connectivity index (χ2n) is 10.5. The molecule has 2 N–H and O–H groups in total. The van der Waals surface area contributed by atoms with E-state index in [0.717, 1.165) is 10.8 Å². The van der Waals surface area contributed by atoms with Crippen LogP contribution >= 0.6 is 0 Å². The molecule has 0 saturated heterocycles. The Hall–Kier alpha value is -3.62. The first-order valence-electron chi connectivity index (χ1n) is 12.7. The largest absolute Gasteiger partial charge is 0.466 e. The van der Waals surface area contributed by atoms with E-state index in [1.165, 1.54) is 0 Å². The number of fused-ring (bicyclic) bond motifs is 2. The topological polar surface area (TPSA) is 120 Å². The summed E-state index contributed by atoms with van der Waals surface area (Å²) in [5.74, 6) is -3.14. The molecule has 2 aromatic carbocycles. The van der Waals surface area contributed by atoms with Crippen molar-refractivity contribution in [1.82, 2.24) is 10.6 Å². The molecule has 2 amide bonds. The minimum atomic E-state index is -1.54. The fourth-order valence-corrected chi connectivity index (χ4v) is 5.60. The van der Waals surface area contributed by atoms with Crippen LogP contribution < -0.4 is 10.6 Å². The van der Waals surface area contributed by atoms with Crippen molar-refractivity contribution in [3.05, 3.63) is 48.0 Å². The SMILES string of the molecule is CCOC(=O)[C@H]1C2C(NC(=O)c3cccc4ccccc34)CC(NC(=O)OC(C)(C)C)(C(=O)OCC)C21. The van der Waals surface area contributed by atoms with Crippen LogP contribution in [0.25, 0.3) is 10.8 Å². The molecule has 0 aromatic heterocycles. The fraction of sp³-hybridized carbons (Fsp3) is 0.500. The quantitative estimate of drug-likeness (QED) is 0.431. The first-order chi connectivity index (χ1) is 17.5. The number of ether oxygens (including phenoxy) is 3. The molecule has 37 heavy (non-hydrogen) atoms. The van der Waals surface area contributed by atoms with Gasteiger partial charge in [-0.1, -0.05) is 36.4 Å². The molecule has 4 unspecified atom stereocenters. The summed E-state index contributed by atoms with van der Waals surface area (Å²) in [6.07, 6.45) is -0.734. The Morgan fingerprint density at radius 3 is 2.32 bits per heavy atom. The molecule has 0 aliphatic heterocycles. The Bertz CT molecular complexity index is 1220. The molecule has 9 heteroatoms. The predicted octanol–water partition coefficient (Wildman–Crippen LogP) is 3.59. The summed E-state index contributed by atoms with van der Waals surface area (Å²) < 4.78 is 16.1. The average molecular weight is 511 g/mol. The van der Waals surface area contributed by atoms with Gasteiger partial charge in [0.15, 0.2) is 0 Å². The van der Waals surface area contributed by atoms with Crippen LogP contribution in [0.15, 0.2) is 42.5 Å². The van der Waals surface area contributed by atoms with E-state index < -0.39 is 53.0 Å². The maximum Gasteiger partial charge on any atom is 0.408 e. The summed E-state index contributed by atoms with van der Waals surface area (Å²) in [6, 6.07) is 12.4. The van der Waals surface area contributed by atoms with Gasteiger partial charge >= 0.3 is 18.0 Å². The third-order valence-electron chi connectivity index (χ3n) is 6.92. The number of rotatable bonds is 7.